The van der Waals surface area contributed by atoms with Gasteiger partial charge in [0.1, 0.15) is 19.0 Å². The van der Waals surface area contributed by atoms with Crippen LogP contribution in [-0.4, -0.2) is 46.3 Å². The van der Waals surface area contributed by atoms with Gasteiger partial charge in [-0.15, -0.1) is 0 Å². The zero-order valence-corrected chi connectivity index (χ0v) is 17.9. The molecule has 0 spiro atoms. The molecule has 1 N–H and O–H groups in total. The Morgan fingerprint density at radius 1 is 0.767 bits per heavy atom. The molecule has 0 atom stereocenters. The van der Waals surface area contributed by atoms with Gasteiger partial charge in [-0.2, -0.15) is 0 Å². The van der Waals surface area contributed by atoms with Gasteiger partial charge in [0.25, 0.3) is 0 Å². The van der Waals surface area contributed by atoms with Crippen LogP contribution in [0.5, 0.6) is 5.75 Å². The molecule has 0 fully saturated rings. The first-order chi connectivity index (χ1) is 14.8. The van der Waals surface area contributed by atoms with E-state index < -0.39 is 6.67 Å². The van der Waals surface area contributed by atoms with Gasteiger partial charge in [-0.25, -0.2) is 4.39 Å². The average Bonchev–Trinajstić information content (AvgIpc) is 2.79. The van der Waals surface area contributed by atoms with E-state index in [-0.39, 0.29) is 6.61 Å². The SMILES string of the molecule is CCCCCNc1ccc(C=Cc2ccc(OCCOCCOCCF)cc2)cc1. The van der Waals surface area contributed by atoms with Crippen molar-refractivity contribution in [2.75, 3.05) is 51.6 Å². The van der Waals surface area contributed by atoms with Gasteiger partial charge in [0.05, 0.1) is 26.4 Å². The summed E-state index contributed by atoms with van der Waals surface area (Å²) < 4.78 is 27.9. The van der Waals surface area contributed by atoms with Crippen molar-refractivity contribution in [1.82, 2.24) is 0 Å². The van der Waals surface area contributed by atoms with Crippen LogP contribution in [0, 0.1) is 0 Å². The molecule has 30 heavy (non-hydrogen) atoms. The van der Waals surface area contributed by atoms with Gasteiger partial charge in [0, 0.05) is 12.2 Å². The lowest BCUT2D eigenvalue weighted by molar-refractivity contribution is 0.0325. The normalized spacial score (nSPS) is 11.1. The summed E-state index contributed by atoms with van der Waals surface area (Å²) in [4.78, 5) is 0. The molecule has 0 aliphatic carbocycles. The number of hydrogen-bond donors (Lipinski definition) is 1. The smallest absolute Gasteiger partial charge is 0.119 e. The highest BCUT2D eigenvalue weighted by atomic mass is 19.1. The second-order valence-corrected chi connectivity index (χ2v) is 6.92. The molecule has 0 saturated heterocycles. The summed E-state index contributed by atoms with van der Waals surface area (Å²) in [5.41, 5.74) is 3.45. The summed E-state index contributed by atoms with van der Waals surface area (Å²) in [6.45, 7) is 4.71. The molecule has 2 aromatic carbocycles. The van der Waals surface area contributed by atoms with Crippen molar-refractivity contribution < 1.29 is 18.6 Å². The van der Waals surface area contributed by atoms with Crippen molar-refractivity contribution in [3.05, 3.63) is 59.7 Å². The molecule has 2 aromatic rings. The van der Waals surface area contributed by atoms with Crippen molar-refractivity contribution >= 4 is 17.8 Å². The van der Waals surface area contributed by atoms with Crippen molar-refractivity contribution in [2.24, 2.45) is 0 Å². The third-order valence-corrected chi connectivity index (χ3v) is 4.46. The Hall–Kier alpha value is -2.37. The molecule has 2 rings (SSSR count). The largest absolute Gasteiger partial charge is 0.491 e. The first kappa shape index (κ1) is 23.9. The van der Waals surface area contributed by atoms with E-state index in [4.69, 9.17) is 14.2 Å². The predicted molar refractivity (Wildman–Crippen MR) is 123 cm³/mol. The summed E-state index contributed by atoms with van der Waals surface area (Å²) in [6.07, 6.45) is 7.92. The number of alkyl halides is 1. The van der Waals surface area contributed by atoms with Crippen molar-refractivity contribution in [1.29, 1.82) is 0 Å². The topological polar surface area (TPSA) is 39.7 Å². The Morgan fingerprint density at radius 2 is 1.37 bits per heavy atom. The van der Waals surface area contributed by atoms with Crippen LogP contribution in [0.4, 0.5) is 10.1 Å². The van der Waals surface area contributed by atoms with Crippen LogP contribution in [-0.2, 0) is 9.47 Å². The van der Waals surface area contributed by atoms with Gasteiger partial charge in [0.2, 0.25) is 0 Å². The van der Waals surface area contributed by atoms with E-state index in [2.05, 4.69) is 48.7 Å². The van der Waals surface area contributed by atoms with Crippen molar-refractivity contribution in [2.45, 2.75) is 26.2 Å². The monoisotopic (exact) mass is 415 g/mol. The molecular formula is C25H34FNO3. The molecule has 0 saturated carbocycles. The highest BCUT2D eigenvalue weighted by Crippen LogP contribution is 2.16. The number of rotatable bonds is 16. The standard InChI is InChI=1S/C25H34FNO3/c1-2-3-4-16-27-24-11-7-22(8-12-24)5-6-23-9-13-25(14-10-23)30-21-20-29-19-18-28-17-15-26/h5-14,27H,2-4,15-21H2,1H3. The lowest BCUT2D eigenvalue weighted by atomic mass is 10.1. The highest BCUT2D eigenvalue weighted by molar-refractivity contribution is 5.70. The van der Waals surface area contributed by atoms with Crippen LogP contribution in [0.25, 0.3) is 12.2 Å². The molecule has 0 heterocycles. The molecule has 0 amide bonds. The second kappa shape index (κ2) is 15.5. The van der Waals surface area contributed by atoms with Gasteiger partial charge < -0.3 is 19.5 Å². The number of unbranched alkanes of at least 4 members (excludes halogenated alkanes) is 2. The number of benzene rings is 2. The minimum atomic E-state index is -0.461. The fourth-order valence-electron chi connectivity index (χ4n) is 2.78. The number of halogens is 1. The Kier molecular flexibility index (Phi) is 12.3. The summed E-state index contributed by atoms with van der Waals surface area (Å²) >= 11 is 0. The van der Waals surface area contributed by atoms with Gasteiger partial charge in [-0.3, -0.25) is 0 Å². The molecule has 0 aromatic heterocycles. The number of ether oxygens (including phenoxy) is 3. The van der Waals surface area contributed by atoms with E-state index in [0.717, 1.165) is 17.9 Å². The van der Waals surface area contributed by atoms with Crippen LogP contribution in [0.2, 0.25) is 0 Å². The molecule has 0 aliphatic rings. The zero-order chi connectivity index (χ0) is 21.3. The number of nitrogens with one attached hydrogen (secondary N) is 1. The first-order valence-electron chi connectivity index (χ1n) is 10.8. The van der Waals surface area contributed by atoms with E-state index in [0.29, 0.717) is 26.4 Å². The highest BCUT2D eigenvalue weighted by Gasteiger charge is 1.96. The molecule has 5 heteroatoms. The maximum atomic E-state index is 11.9. The van der Waals surface area contributed by atoms with Crippen LogP contribution in [0.1, 0.15) is 37.3 Å². The van der Waals surface area contributed by atoms with Gasteiger partial charge in [0.15, 0.2) is 0 Å². The summed E-state index contributed by atoms with van der Waals surface area (Å²) in [5, 5.41) is 3.46. The Balaban J connectivity index is 1.66. The lowest BCUT2D eigenvalue weighted by Crippen LogP contribution is -2.11. The molecular weight excluding hydrogens is 381 g/mol. The van der Waals surface area contributed by atoms with E-state index in [1.165, 1.54) is 30.5 Å². The lowest BCUT2D eigenvalue weighted by Gasteiger charge is -2.07. The predicted octanol–water partition coefficient (Wildman–Crippen LogP) is 5.84. The number of hydrogen-bond acceptors (Lipinski definition) is 4. The molecule has 0 unspecified atom stereocenters. The zero-order valence-electron chi connectivity index (χ0n) is 17.9. The first-order valence-corrected chi connectivity index (χ1v) is 10.8. The summed E-state index contributed by atoms with van der Waals surface area (Å²) in [7, 11) is 0. The minimum absolute atomic E-state index is 0.127. The van der Waals surface area contributed by atoms with Crippen LogP contribution < -0.4 is 10.1 Å². The Labute approximate surface area is 180 Å². The quantitative estimate of drug-likeness (QED) is 0.276. The maximum absolute atomic E-state index is 11.9. The van der Waals surface area contributed by atoms with E-state index >= 15 is 0 Å². The maximum Gasteiger partial charge on any atom is 0.119 e. The third kappa shape index (κ3) is 10.4. The van der Waals surface area contributed by atoms with Crippen LogP contribution >= 0.6 is 0 Å². The fourth-order valence-corrected chi connectivity index (χ4v) is 2.78. The Morgan fingerprint density at radius 3 is 2.00 bits per heavy atom. The van der Waals surface area contributed by atoms with Gasteiger partial charge in [-0.05, 0) is 41.8 Å². The molecule has 164 valence electrons. The summed E-state index contributed by atoms with van der Waals surface area (Å²) in [6, 6.07) is 16.5. The van der Waals surface area contributed by atoms with Gasteiger partial charge in [-0.1, -0.05) is 56.2 Å². The van der Waals surface area contributed by atoms with Crippen LogP contribution in [0.15, 0.2) is 48.5 Å². The van der Waals surface area contributed by atoms with E-state index in [9.17, 15) is 4.39 Å². The minimum Gasteiger partial charge on any atom is -0.491 e. The Bertz CT molecular complexity index is 701. The molecule has 0 bridgehead atoms. The van der Waals surface area contributed by atoms with Crippen molar-refractivity contribution in [3.63, 3.8) is 0 Å². The fraction of sp³-hybridized carbons (Fsp3) is 0.440. The van der Waals surface area contributed by atoms with Crippen molar-refractivity contribution in [3.8, 4) is 5.75 Å². The summed E-state index contributed by atoms with van der Waals surface area (Å²) in [5.74, 6) is 0.808. The second-order valence-electron chi connectivity index (χ2n) is 6.92. The number of anilines is 1. The molecule has 4 nitrogen and oxygen atoms in total. The van der Waals surface area contributed by atoms with E-state index in [1.807, 2.05) is 24.3 Å². The van der Waals surface area contributed by atoms with E-state index in [1.54, 1.807) is 0 Å². The molecule has 0 radical (unpaired) electrons. The van der Waals surface area contributed by atoms with Gasteiger partial charge >= 0.3 is 0 Å². The average molecular weight is 416 g/mol. The molecule has 0 aliphatic heterocycles. The third-order valence-electron chi connectivity index (χ3n) is 4.46. The van der Waals surface area contributed by atoms with Crippen LogP contribution in [0.3, 0.4) is 0 Å².